The molecule has 1 fully saturated rings. The minimum absolute atomic E-state index is 0.00679. The summed E-state index contributed by atoms with van der Waals surface area (Å²) in [6.07, 6.45) is 0. The lowest BCUT2D eigenvalue weighted by Crippen LogP contribution is -2.50. The van der Waals surface area contributed by atoms with Crippen LogP contribution in [0.15, 0.2) is 66.7 Å². The fourth-order valence-electron chi connectivity index (χ4n) is 3.54. The molecule has 0 radical (unpaired) electrons. The van der Waals surface area contributed by atoms with Crippen molar-refractivity contribution >= 4 is 28.3 Å². The Morgan fingerprint density at radius 3 is 2.38 bits per heavy atom. The van der Waals surface area contributed by atoms with E-state index in [0.29, 0.717) is 31.9 Å². The number of aromatic carboxylic acids is 1. The number of benzene rings is 3. The summed E-state index contributed by atoms with van der Waals surface area (Å²) in [6, 6.07) is 20.7. The number of nitrogens with zero attached hydrogens (tertiary/aromatic N) is 2. The van der Waals surface area contributed by atoms with Crippen molar-refractivity contribution in [1.82, 2.24) is 4.90 Å². The van der Waals surface area contributed by atoms with Gasteiger partial charge in [-0.3, -0.25) is 4.79 Å². The Balaban J connectivity index is 1.31. The summed E-state index contributed by atoms with van der Waals surface area (Å²) in [4.78, 5) is 27.6. The highest BCUT2D eigenvalue weighted by atomic mass is 16.5. The summed E-state index contributed by atoms with van der Waals surface area (Å²) in [6.45, 7) is 2.48. The average Bonchev–Trinajstić information content (AvgIpc) is 2.77. The van der Waals surface area contributed by atoms with E-state index >= 15 is 0 Å². The molecule has 0 aliphatic carbocycles. The third kappa shape index (κ3) is 4.32. The third-order valence-electron chi connectivity index (χ3n) is 5.17. The fourth-order valence-corrected chi connectivity index (χ4v) is 3.54. The molecule has 1 aliphatic rings. The smallest absolute Gasteiger partial charge is 0.335 e. The second-order valence-electron chi connectivity index (χ2n) is 7.02. The number of carboxylic acid groups (broad SMARTS) is 1. The molecule has 0 atom stereocenters. The minimum Gasteiger partial charge on any atom is -0.484 e. The van der Waals surface area contributed by atoms with E-state index in [2.05, 4.69) is 4.90 Å². The van der Waals surface area contributed by atoms with Gasteiger partial charge in [-0.2, -0.15) is 0 Å². The van der Waals surface area contributed by atoms with Crippen LogP contribution in [0.4, 0.5) is 5.69 Å². The first-order valence-electron chi connectivity index (χ1n) is 9.58. The van der Waals surface area contributed by atoms with Gasteiger partial charge in [0.05, 0.1) is 5.56 Å². The summed E-state index contributed by atoms with van der Waals surface area (Å²) in [5.41, 5.74) is 1.13. The molecule has 1 amide bonds. The second kappa shape index (κ2) is 8.22. The Labute approximate surface area is 168 Å². The van der Waals surface area contributed by atoms with Crippen molar-refractivity contribution in [2.45, 2.75) is 0 Å². The van der Waals surface area contributed by atoms with Crippen LogP contribution in [0, 0.1) is 0 Å². The maximum Gasteiger partial charge on any atom is 0.335 e. The summed E-state index contributed by atoms with van der Waals surface area (Å²) >= 11 is 0. The van der Waals surface area contributed by atoms with Gasteiger partial charge < -0.3 is 19.6 Å². The van der Waals surface area contributed by atoms with E-state index in [1.807, 2.05) is 48.5 Å². The molecule has 1 heterocycles. The largest absolute Gasteiger partial charge is 0.484 e. The first-order chi connectivity index (χ1) is 14.1. The quantitative estimate of drug-likeness (QED) is 0.724. The van der Waals surface area contributed by atoms with Crippen molar-refractivity contribution in [2.24, 2.45) is 0 Å². The number of fused-ring (bicyclic) bond motifs is 1. The molecule has 148 valence electrons. The molecule has 6 nitrogen and oxygen atoms in total. The van der Waals surface area contributed by atoms with Crippen LogP contribution in [0.25, 0.3) is 10.8 Å². The van der Waals surface area contributed by atoms with E-state index in [-0.39, 0.29) is 18.1 Å². The standard InChI is InChI=1S/C23H22N2O4/c26-22(16-29-21-9-8-17-4-1-2-5-18(17)15-21)25-12-10-24(11-13-25)20-7-3-6-19(14-20)23(27)28/h1-9,14-15H,10-13,16H2,(H,27,28). The molecule has 29 heavy (non-hydrogen) atoms. The third-order valence-corrected chi connectivity index (χ3v) is 5.17. The molecule has 6 heteroatoms. The number of hydrogen-bond acceptors (Lipinski definition) is 4. The van der Waals surface area contributed by atoms with Crippen LogP contribution >= 0.6 is 0 Å². The predicted octanol–water partition coefficient (Wildman–Crippen LogP) is 3.27. The number of anilines is 1. The van der Waals surface area contributed by atoms with Gasteiger partial charge in [0.25, 0.3) is 5.91 Å². The zero-order chi connectivity index (χ0) is 20.2. The summed E-state index contributed by atoms with van der Waals surface area (Å²) in [5, 5.41) is 11.4. The number of carboxylic acids is 1. The molecule has 0 saturated carbocycles. The zero-order valence-corrected chi connectivity index (χ0v) is 16.0. The van der Waals surface area contributed by atoms with Gasteiger partial charge in [-0.05, 0) is 41.1 Å². The van der Waals surface area contributed by atoms with Crippen LogP contribution in [0.2, 0.25) is 0 Å². The van der Waals surface area contributed by atoms with Gasteiger partial charge in [-0.25, -0.2) is 4.79 Å². The molecule has 3 aromatic rings. The Bertz CT molecular complexity index is 1040. The molecule has 0 spiro atoms. The Morgan fingerprint density at radius 1 is 0.862 bits per heavy atom. The van der Waals surface area contributed by atoms with E-state index in [0.717, 1.165) is 16.5 Å². The van der Waals surface area contributed by atoms with Gasteiger partial charge in [0.2, 0.25) is 0 Å². The average molecular weight is 390 g/mol. The first-order valence-corrected chi connectivity index (χ1v) is 9.58. The van der Waals surface area contributed by atoms with Crippen molar-refractivity contribution < 1.29 is 19.4 Å². The minimum atomic E-state index is -0.938. The van der Waals surface area contributed by atoms with E-state index in [1.54, 1.807) is 23.1 Å². The maximum atomic E-state index is 12.5. The Morgan fingerprint density at radius 2 is 1.62 bits per heavy atom. The lowest BCUT2D eigenvalue weighted by molar-refractivity contribution is -0.133. The Hall–Kier alpha value is -3.54. The van der Waals surface area contributed by atoms with Crippen molar-refractivity contribution in [3.8, 4) is 5.75 Å². The molecule has 0 unspecified atom stereocenters. The molecule has 1 aliphatic heterocycles. The van der Waals surface area contributed by atoms with Gasteiger partial charge in [0.15, 0.2) is 6.61 Å². The van der Waals surface area contributed by atoms with Gasteiger partial charge in [-0.1, -0.05) is 36.4 Å². The summed E-state index contributed by atoms with van der Waals surface area (Å²) in [5.74, 6) is -0.301. The number of carbonyl (C=O) groups is 2. The zero-order valence-electron chi connectivity index (χ0n) is 16.0. The van der Waals surface area contributed by atoms with Gasteiger partial charge in [0.1, 0.15) is 5.75 Å². The topological polar surface area (TPSA) is 70.1 Å². The van der Waals surface area contributed by atoms with Gasteiger partial charge in [0, 0.05) is 31.9 Å². The number of rotatable bonds is 5. The van der Waals surface area contributed by atoms with E-state index in [9.17, 15) is 9.59 Å². The van der Waals surface area contributed by atoms with Gasteiger partial charge >= 0.3 is 5.97 Å². The van der Waals surface area contributed by atoms with Crippen molar-refractivity contribution in [1.29, 1.82) is 0 Å². The number of hydrogen-bond donors (Lipinski definition) is 1. The van der Waals surface area contributed by atoms with Crippen LogP contribution < -0.4 is 9.64 Å². The van der Waals surface area contributed by atoms with Crippen molar-refractivity contribution in [2.75, 3.05) is 37.7 Å². The van der Waals surface area contributed by atoms with Crippen LogP contribution in [0.1, 0.15) is 10.4 Å². The summed E-state index contributed by atoms with van der Waals surface area (Å²) in [7, 11) is 0. The number of amides is 1. The van der Waals surface area contributed by atoms with Crippen LogP contribution in [0.5, 0.6) is 5.75 Å². The SMILES string of the molecule is O=C(O)c1cccc(N2CCN(C(=O)COc3ccc4ccccc4c3)CC2)c1. The molecule has 1 N–H and O–H groups in total. The highest BCUT2D eigenvalue weighted by Crippen LogP contribution is 2.21. The maximum absolute atomic E-state index is 12.5. The molecule has 3 aromatic carbocycles. The molecule has 4 rings (SSSR count). The molecular weight excluding hydrogens is 368 g/mol. The molecule has 0 bridgehead atoms. The van der Waals surface area contributed by atoms with Crippen LogP contribution in [-0.4, -0.2) is 54.7 Å². The highest BCUT2D eigenvalue weighted by Gasteiger charge is 2.22. The number of carbonyl (C=O) groups excluding carboxylic acids is 1. The fraction of sp³-hybridized carbons (Fsp3) is 0.217. The lowest BCUT2D eigenvalue weighted by Gasteiger charge is -2.36. The monoisotopic (exact) mass is 390 g/mol. The van der Waals surface area contributed by atoms with Crippen LogP contribution in [-0.2, 0) is 4.79 Å². The highest BCUT2D eigenvalue weighted by molar-refractivity contribution is 5.89. The van der Waals surface area contributed by atoms with Crippen molar-refractivity contribution in [3.05, 3.63) is 72.3 Å². The summed E-state index contributed by atoms with van der Waals surface area (Å²) < 4.78 is 5.71. The van der Waals surface area contributed by atoms with Crippen LogP contribution in [0.3, 0.4) is 0 Å². The first kappa shape index (κ1) is 18.8. The van der Waals surface area contributed by atoms with E-state index < -0.39 is 5.97 Å². The molecular formula is C23H22N2O4. The lowest BCUT2D eigenvalue weighted by atomic mass is 10.1. The van der Waals surface area contributed by atoms with Gasteiger partial charge in [-0.15, -0.1) is 0 Å². The Kier molecular flexibility index (Phi) is 5.33. The van der Waals surface area contributed by atoms with E-state index in [1.165, 1.54) is 0 Å². The molecule has 1 saturated heterocycles. The molecule has 0 aromatic heterocycles. The van der Waals surface area contributed by atoms with E-state index in [4.69, 9.17) is 9.84 Å². The second-order valence-corrected chi connectivity index (χ2v) is 7.02. The number of piperazine rings is 1. The predicted molar refractivity (Wildman–Crippen MR) is 112 cm³/mol. The van der Waals surface area contributed by atoms with Crippen molar-refractivity contribution in [3.63, 3.8) is 0 Å². The number of ether oxygens (including phenoxy) is 1. The normalized spacial score (nSPS) is 14.1.